The molecule has 0 unspecified atom stereocenters. The van der Waals surface area contributed by atoms with Gasteiger partial charge in [-0.3, -0.25) is 14.9 Å². The Morgan fingerprint density at radius 1 is 1.03 bits per heavy atom. The lowest BCUT2D eigenvalue weighted by Gasteiger charge is -2.09. The number of esters is 1. The van der Waals surface area contributed by atoms with Gasteiger partial charge in [0, 0.05) is 10.9 Å². The fraction of sp³-hybridized carbons (Fsp3) is 0.148. The molecule has 1 N–H and O–H groups in total. The normalized spacial score (nSPS) is 10.9. The molecule has 5 aromatic rings. The summed E-state index contributed by atoms with van der Waals surface area (Å²) >= 11 is 1.26. The molecule has 1 amide bonds. The van der Waals surface area contributed by atoms with Gasteiger partial charge < -0.3 is 4.74 Å². The molecule has 0 saturated carbocycles. The van der Waals surface area contributed by atoms with Gasteiger partial charge in [0.05, 0.1) is 48.1 Å². The van der Waals surface area contributed by atoms with Crippen molar-refractivity contribution in [2.75, 3.05) is 11.9 Å². The predicted octanol–water partition coefficient (Wildman–Crippen LogP) is 4.96. The van der Waals surface area contributed by atoms with Crippen molar-refractivity contribution in [1.29, 1.82) is 0 Å². The number of hydrogen-bond acceptors (Lipinski definition) is 7. The summed E-state index contributed by atoms with van der Waals surface area (Å²) < 4.78 is 6.78. The van der Waals surface area contributed by atoms with Crippen LogP contribution in [0.3, 0.4) is 0 Å². The quantitative estimate of drug-likeness (QED) is 0.304. The van der Waals surface area contributed by atoms with Gasteiger partial charge >= 0.3 is 5.97 Å². The number of nitrogens with zero attached hydrogens (tertiary/aromatic N) is 4. The van der Waals surface area contributed by atoms with Crippen molar-refractivity contribution in [2.45, 2.75) is 19.9 Å². The molecule has 180 valence electrons. The second-order valence-corrected chi connectivity index (χ2v) is 8.88. The molecule has 0 spiro atoms. The van der Waals surface area contributed by atoms with E-state index in [4.69, 9.17) is 9.72 Å². The van der Waals surface area contributed by atoms with Crippen LogP contribution in [0.15, 0.2) is 78.3 Å². The van der Waals surface area contributed by atoms with Gasteiger partial charge in [0.1, 0.15) is 0 Å². The first-order valence-electron chi connectivity index (χ1n) is 11.5. The molecule has 0 saturated heterocycles. The zero-order chi connectivity index (χ0) is 24.9. The maximum atomic E-state index is 13.4. The number of pyridine rings is 1. The van der Waals surface area contributed by atoms with E-state index in [1.54, 1.807) is 29.2 Å². The summed E-state index contributed by atoms with van der Waals surface area (Å²) in [6, 6.07) is 21.5. The summed E-state index contributed by atoms with van der Waals surface area (Å²) in [5.74, 6) is -0.675. The van der Waals surface area contributed by atoms with E-state index in [1.165, 1.54) is 11.3 Å². The minimum absolute atomic E-state index is 0.0596. The first-order valence-corrected chi connectivity index (χ1v) is 12.4. The maximum Gasteiger partial charge on any atom is 0.311 e. The molecule has 9 heteroatoms. The molecule has 3 aromatic heterocycles. The Balaban J connectivity index is 1.49. The van der Waals surface area contributed by atoms with Gasteiger partial charge in [-0.05, 0) is 18.6 Å². The van der Waals surface area contributed by atoms with Crippen LogP contribution in [0, 0.1) is 0 Å². The van der Waals surface area contributed by atoms with E-state index >= 15 is 0 Å². The molecule has 0 atom stereocenters. The molecule has 36 heavy (non-hydrogen) atoms. The third kappa shape index (κ3) is 5.16. The molecule has 5 rings (SSSR count). The summed E-state index contributed by atoms with van der Waals surface area (Å²) in [6.07, 6.45) is 1.73. The lowest BCUT2D eigenvalue weighted by Crippen LogP contribution is -2.13. The number of carbonyl (C=O) groups excluding carboxylic acids is 2. The standard InChI is InChI=1S/C27H23N5O3S/c1-2-35-24(33)13-20-17-36-27(29-20)31-26(34)21-14-23(19-11-7-4-8-12-19)30-25-22(21)15-28-32(25)16-18-9-5-3-6-10-18/h3-12,14-15,17H,2,13,16H2,1H3,(H,29,31,34). The number of amides is 1. The highest BCUT2D eigenvalue weighted by Gasteiger charge is 2.19. The topological polar surface area (TPSA) is 99.0 Å². The van der Waals surface area contributed by atoms with E-state index in [0.29, 0.717) is 46.3 Å². The molecule has 0 aliphatic carbocycles. The number of hydrogen-bond donors (Lipinski definition) is 1. The fourth-order valence-electron chi connectivity index (χ4n) is 3.83. The summed E-state index contributed by atoms with van der Waals surface area (Å²) in [4.78, 5) is 34.4. The minimum atomic E-state index is -0.352. The van der Waals surface area contributed by atoms with Gasteiger partial charge in [0.25, 0.3) is 5.91 Å². The van der Waals surface area contributed by atoms with Crippen molar-refractivity contribution in [3.05, 3.63) is 95.1 Å². The van der Waals surface area contributed by atoms with E-state index < -0.39 is 0 Å². The van der Waals surface area contributed by atoms with Gasteiger partial charge in [-0.1, -0.05) is 60.7 Å². The van der Waals surface area contributed by atoms with Crippen LogP contribution < -0.4 is 5.32 Å². The zero-order valence-electron chi connectivity index (χ0n) is 19.5. The third-order valence-electron chi connectivity index (χ3n) is 5.50. The number of aromatic nitrogens is 4. The number of thiazole rings is 1. The molecule has 0 aliphatic heterocycles. The Labute approximate surface area is 211 Å². The largest absolute Gasteiger partial charge is 0.466 e. The molecular formula is C27H23N5O3S. The predicted molar refractivity (Wildman–Crippen MR) is 139 cm³/mol. The van der Waals surface area contributed by atoms with Gasteiger partial charge in [-0.15, -0.1) is 11.3 Å². The third-order valence-corrected chi connectivity index (χ3v) is 6.31. The van der Waals surface area contributed by atoms with Crippen LogP contribution >= 0.6 is 11.3 Å². The van der Waals surface area contributed by atoms with E-state index in [-0.39, 0.29) is 18.3 Å². The van der Waals surface area contributed by atoms with Gasteiger partial charge in [-0.25, -0.2) is 14.6 Å². The molecule has 0 aliphatic rings. The van der Waals surface area contributed by atoms with E-state index in [2.05, 4.69) is 15.4 Å². The average molecular weight is 498 g/mol. The van der Waals surface area contributed by atoms with Crippen LogP contribution in [-0.4, -0.2) is 38.2 Å². The molecule has 0 fully saturated rings. The molecule has 2 aromatic carbocycles. The van der Waals surface area contributed by atoms with Crippen LogP contribution in [0.5, 0.6) is 0 Å². The van der Waals surface area contributed by atoms with Crippen LogP contribution in [0.4, 0.5) is 5.13 Å². The monoisotopic (exact) mass is 497 g/mol. The number of fused-ring (bicyclic) bond motifs is 1. The van der Waals surface area contributed by atoms with E-state index in [1.807, 2.05) is 60.7 Å². The number of carbonyl (C=O) groups is 2. The minimum Gasteiger partial charge on any atom is -0.466 e. The fourth-order valence-corrected chi connectivity index (χ4v) is 4.54. The first-order chi connectivity index (χ1) is 17.6. The first kappa shape index (κ1) is 23.4. The van der Waals surface area contributed by atoms with Crippen LogP contribution in [0.2, 0.25) is 0 Å². The highest BCUT2D eigenvalue weighted by atomic mass is 32.1. The lowest BCUT2D eigenvalue weighted by molar-refractivity contribution is -0.142. The maximum absolute atomic E-state index is 13.4. The molecule has 3 heterocycles. The zero-order valence-corrected chi connectivity index (χ0v) is 20.4. The van der Waals surface area contributed by atoms with Gasteiger partial charge in [-0.2, -0.15) is 5.10 Å². The Morgan fingerprint density at radius 3 is 2.53 bits per heavy atom. The van der Waals surface area contributed by atoms with Crippen LogP contribution in [-0.2, 0) is 22.5 Å². The van der Waals surface area contributed by atoms with Gasteiger partial charge in [0.15, 0.2) is 10.8 Å². The second kappa shape index (κ2) is 10.5. The Hall–Kier alpha value is -4.37. The van der Waals surface area contributed by atoms with Crippen LogP contribution in [0.25, 0.3) is 22.3 Å². The van der Waals surface area contributed by atoms with Crippen molar-refractivity contribution in [3.8, 4) is 11.3 Å². The lowest BCUT2D eigenvalue weighted by atomic mass is 10.1. The Morgan fingerprint density at radius 2 is 1.78 bits per heavy atom. The SMILES string of the molecule is CCOC(=O)Cc1csc(NC(=O)c2cc(-c3ccccc3)nc3c2cnn3Cc2ccccc2)n1. The van der Waals surface area contributed by atoms with E-state index in [0.717, 1.165) is 11.1 Å². The smallest absolute Gasteiger partial charge is 0.311 e. The number of benzene rings is 2. The van der Waals surface area contributed by atoms with Crippen LogP contribution in [0.1, 0.15) is 28.5 Å². The number of rotatable bonds is 8. The summed E-state index contributed by atoms with van der Waals surface area (Å²) in [6.45, 7) is 2.60. The highest BCUT2D eigenvalue weighted by molar-refractivity contribution is 7.14. The average Bonchev–Trinajstić information content (AvgIpc) is 3.51. The Bertz CT molecular complexity index is 1510. The number of ether oxygens (including phenoxy) is 1. The number of anilines is 1. The van der Waals surface area contributed by atoms with Crippen molar-refractivity contribution < 1.29 is 14.3 Å². The molecule has 0 bridgehead atoms. The van der Waals surface area contributed by atoms with Crippen molar-refractivity contribution in [2.24, 2.45) is 0 Å². The summed E-state index contributed by atoms with van der Waals surface area (Å²) in [7, 11) is 0. The highest BCUT2D eigenvalue weighted by Crippen LogP contribution is 2.27. The second-order valence-electron chi connectivity index (χ2n) is 8.03. The molecule has 8 nitrogen and oxygen atoms in total. The summed E-state index contributed by atoms with van der Waals surface area (Å²) in [5, 5.41) is 10.2. The van der Waals surface area contributed by atoms with Crippen molar-refractivity contribution in [3.63, 3.8) is 0 Å². The Kier molecular flexibility index (Phi) is 6.81. The summed E-state index contributed by atoms with van der Waals surface area (Å²) in [5.41, 5.74) is 4.26. The van der Waals surface area contributed by atoms with Gasteiger partial charge in [0.2, 0.25) is 0 Å². The van der Waals surface area contributed by atoms with Crippen molar-refractivity contribution >= 4 is 39.4 Å². The molecule has 0 radical (unpaired) electrons. The van der Waals surface area contributed by atoms with Crippen molar-refractivity contribution in [1.82, 2.24) is 19.7 Å². The van der Waals surface area contributed by atoms with E-state index in [9.17, 15) is 9.59 Å². The molecular weight excluding hydrogens is 474 g/mol. The number of nitrogens with one attached hydrogen (secondary N) is 1.